The van der Waals surface area contributed by atoms with Gasteiger partial charge in [-0.05, 0) is 55.5 Å². The molecule has 3 heterocycles. The largest absolute Gasteiger partial charge is 0.337 e. The molecule has 8 heteroatoms. The van der Waals surface area contributed by atoms with Crippen LogP contribution in [0.3, 0.4) is 0 Å². The Morgan fingerprint density at radius 2 is 2.03 bits per heavy atom. The number of rotatable bonds is 4. The molecule has 0 saturated carbocycles. The second-order valence-electron chi connectivity index (χ2n) is 8.96. The van der Waals surface area contributed by atoms with Gasteiger partial charge in [0.05, 0.1) is 11.8 Å². The van der Waals surface area contributed by atoms with E-state index in [-0.39, 0.29) is 24.5 Å². The number of hydrogen-bond donors (Lipinski definition) is 2. The molecule has 3 N–H and O–H groups in total. The van der Waals surface area contributed by atoms with Crippen LogP contribution >= 0.6 is 0 Å². The Bertz CT molecular complexity index is 1190. The van der Waals surface area contributed by atoms with Crippen molar-refractivity contribution in [2.75, 3.05) is 32.7 Å². The van der Waals surface area contributed by atoms with Gasteiger partial charge in [0.1, 0.15) is 5.82 Å². The first kappa shape index (κ1) is 26.5. The third kappa shape index (κ3) is 5.94. The molecule has 0 radical (unpaired) electrons. The van der Waals surface area contributed by atoms with Crippen molar-refractivity contribution in [3.8, 4) is 0 Å². The zero-order valence-electron chi connectivity index (χ0n) is 19.5. The van der Waals surface area contributed by atoms with Crippen LogP contribution in [-0.2, 0) is 6.42 Å². The number of H-pyrrole nitrogens is 1. The molecule has 2 aliphatic rings. The smallest absolute Gasteiger partial charge is 0.272 e. The maximum Gasteiger partial charge on any atom is 0.272 e. The number of nitrogens with two attached hydrogens (primary N) is 1. The number of nitrogens with one attached hydrogen (secondary N) is 1. The number of piperidine rings is 1. The minimum atomic E-state index is -0.416. The molecule has 188 valence electrons. The Morgan fingerprint density at radius 3 is 2.77 bits per heavy atom. The Morgan fingerprint density at radius 1 is 1.23 bits per heavy atom. The summed E-state index contributed by atoms with van der Waals surface area (Å²) in [5.41, 5.74) is 6.78. The summed E-state index contributed by atoms with van der Waals surface area (Å²) in [5.74, 6) is -0.0857. The van der Waals surface area contributed by atoms with E-state index in [9.17, 15) is 14.0 Å². The van der Waals surface area contributed by atoms with Gasteiger partial charge in [-0.25, -0.2) is 9.49 Å². The fourth-order valence-electron chi connectivity index (χ4n) is 5.05. The van der Waals surface area contributed by atoms with Crippen LogP contribution < -0.4 is 11.3 Å². The number of fused-ring (bicyclic) bond motifs is 2. The van der Waals surface area contributed by atoms with Crippen LogP contribution in [0.15, 0.2) is 53.5 Å². The number of halogens is 1. The van der Waals surface area contributed by atoms with E-state index in [0.717, 1.165) is 49.8 Å². The molecule has 2 fully saturated rings. The third-order valence-corrected chi connectivity index (χ3v) is 6.84. The lowest BCUT2D eigenvalue weighted by Gasteiger charge is -2.36. The van der Waals surface area contributed by atoms with Gasteiger partial charge in [-0.3, -0.25) is 14.5 Å². The van der Waals surface area contributed by atoms with Crippen LogP contribution in [0.4, 0.5) is 4.39 Å². The van der Waals surface area contributed by atoms with Gasteiger partial charge in [-0.2, -0.15) is 5.10 Å². The summed E-state index contributed by atoms with van der Waals surface area (Å²) in [7, 11) is 0. The summed E-state index contributed by atoms with van der Waals surface area (Å²) in [6.45, 7) is 6.02. The second kappa shape index (κ2) is 12.0. The lowest BCUT2D eigenvalue weighted by atomic mass is 9.92. The van der Waals surface area contributed by atoms with Crippen LogP contribution in [0, 0.1) is 11.7 Å². The molecular weight excluding hydrogens is 445 g/mol. The van der Waals surface area contributed by atoms with Crippen molar-refractivity contribution in [2.45, 2.75) is 39.7 Å². The first-order valence-corrected chi connectivity index (χ1v) is 12.0. The van der Waals surface area contributed by atoms with Crippen molar-refractivity contribution >= 4 is 16.7 Å². The maximum atomic E-state index is 14.1. The van der Waals surface area contributed by atoms with Crippen LogP contribution in [0.25, 0.3) is 10.8 Å². The Hall–Kier alpha value is -3.10. The SMILES string of the molecule is C.CCc1ccc(F)c(C(=O)N2CC3CCCN(CCN)C3C2)c1.O=c1[nH]ncc2ccccc12. The molecule has 2 aliphatic heterocycles. The van der Waals surface area contributed by atoms with E-state index in [1.807, 2.05) is 30.0 Å². The molecule has 2 atom stereocenters. The average Bonchev–Trinajstić information content (AvgIpc) is 3.30. The molecule has 0 spiro atoms. The van der Waals surface area contributed by atoms with Gasteiger partial charge in [0.15, 0.2) is 0 Å². The predicted octanol–water partition coefficient (Wildman–Crippen LogP) is 3.44. The van der Waals surface area contributed by atoms with E-state index in [4.69, 9.17) is 5.73 Å². The van der Waals surface area contributed by atoms with Crippen LogP contribution in [0.2, 0.25) is 0 Å². The zero-order valence-corrected chi connectivity index (χ0v) is 19.5. The first-order valence-electron chi connectivity index (χ1n) is 12.0. The molecule has 2 unspecified atom stereocenters. The fourth-order valence-corrected chi connectivity index (χ4v) is 5.05. The highest BCUT2D eigenvalue weighted by Gasteiger charge is 2.40. The van der Waals surface area contributed by atoms with Gasteiger partial charge in [-0.1, -0.05) is 38.6 Å². The highest BCUT2D eigenvalue weighted by atomic mass is 19.1. The van der Waals surface area contributed by atoms with Crippen molar-refractivity contribution in [2.24, 2.45) is 11.7 Å². The average molecular weight is 482 g/mol. The normalized spacial score (nSPS) is 19.5. The van der Waals surface area contributed by atoms with Crippen LogP contribution in [0.5, 0.6) is 0 Å². The molecule has 2 aromatic carbocycles. The number of benzene rings is 2. The Labute approximate surface area is 206 Å². The molecular formula is C27H36FN5O2. The van der Waals surface area contributed by atoms with E-state index in [2.05, 4.69) is 15.1 Å². The summed E-state index contributed by atoms with van der Waals surface area (Å²) >= 11 is 0. The lowest BCUT2D eigenvalue weighted by Crippen LogP contribution is -2.47. The number of likely N-dealkylation sites (tertiary alicyclic amines) is 2. The monoisotopic (exact) mass is 481 g/mol. The van der Waals surface area contributed by atoms with E-state index in [1.165, 1.54) is 6.07 Å². The number of aromatic amines is 1. The van der Waals surface area contributed by atoms with Gasteiger partial charge >= 0.3 is 0 Å². The van der Waals surface area contributed by atoms with E-state index >= 15 is 0 Å². The number of carbonyl (C=O) groups excluding carboxylic acids is 1. The standard InChI is InChI=1S/C18H26FN3O.C8H6N2O.CH4/c1-2-13-5-6-16(19)15(10-13)18(23)22-11-14-4-3-8-21(9-7-20)17(14)12-22;11-8-7-4-2-1-3-6(7)5-9-10-8;/h5-6,10,14,17H,2-4,7-9,11-12,20H2,1H3;1-5H,(H,10,11);1H4. The predicted molar refractivity (Wildman–Crippen MR) is 138 cm³/mol. The summed E-state index contributed by atoms with van der Waals surface area (Å²) in [4.78, 5) is 28.1. The first-order chi connectivity index (χ1) is 16.5. The quantitative estimate of drug-likeness (QED) is 0.595. The van der Waals surface area contributed by atoms with E-state index in [1.54, 1.807) is 24.4 Å². The van der Waals surface area contributed by atoms with Crippen LogP contribution in [-0.4, -0.2) is 64.7 Å². The number of carbonyl (C=O) groups is 1. The minimum absolute atomic E-state index is 0. The maximum absolute atomic E-state index is 14.1. The summed E-state index contributed by atoms with van der Waals surface area (Å²) in [5, 5.41) is 7.60. The second-order valence-corrected chi connectivity index (χ2v) is 8.96. The molecule has 5 rings (SSSR count). The summed E-state index contributed by atoms with van der Waals surface area (Å²) in [6, 6.07) is 12.6. The highest BCUT2D eigenvalue weighted by Crippen LogP contribution is 2.31. The van der Waals surface area contributed by atoms with E-state index in [0.29, 0.717) is 30.4 Å². The molecule has 35 heavy (non-hydrogen) atoms. The molecule has 1 amide bonds. The van der Waals surface area contributed by atoms with Gasteiger partial charge in [0.2, 0.25) is 0 Å². The summed E-state index contributed by atoms with van der Waals surface area (Å²) < 4.78 is 14.1. The van der Waals surface area contributed by atoms with Crippen molar-refractivity contribution in [3.05, 3.63) is 76.0 Å². The van der Waals surface area contributed by atoms with E-state index < -0.39 is 5.82 Å². The molecule has 1 aromatic heterocycles. The Kier molecular flexibility index (Phi) is 9.12. The number of amides is 1. The number of aryl methyl sites for hydroxylation is 1. The Balaban J connectivity index is 0.000000239. The zero-order chi connectivity index (χ0) is 24.1. The van der Waals surface area contributed by atoms with Gasteiger partial charge < -0.3 is 10.6 Å². The van der Waals surface area contributed by atoms with Crippen molar-refractivity contribution < 1.29 is 9.18 Å². The molecule has 0 aliphatic carbocycles. The molecule has 2 saturated heterocycles. The number of aromatic nitrogens is 2. The van der Waals surface area contributed by atoms with Crippen molar-refractivity contribution in [3.63, 3.8) is 0 Å². The topological polar surface area (TPSA) is 95.3 Å². The molecule has 0 bridgehead atoms. The summed E-state index contributed by atoms with van der Waals surface area (Å²) in [6.07, 6.45) is 4.74. The minimum Gasteiger partial charge on any atom is -0.337 e. The fraction of sp³-hybridized carbons (Fsp3) is 0.444. The highest BCUT2D eigenvalue weighted by molar-refractivity contribution is 5.95. The van der Waals surface area contributed by atoms with Crippen molar-refractivity contribution in [1.29, 1.82) is 0 Å². The van der Waals surface area contributed by atoms with Crippen molar-refractivity contribution in [1.82, 2.24) is 20.0 Å². The third-order valence-electron chi connectivity index (χ3n) is 6.84. The number of hydrogen-bond acceptors (Lipinski definition) is 5. The number of nitrogens with zero attached hydrogens (tertiary/aromatic N) is 3. The van der Waals surface area contributed by atoms with Gasteiger partial charge in [0, 0.05) is 43.0 Å². The lowest BCUT2D eigenvalue weighted by molar-refractivity contribution is 0.0772. The van der Waals surface area contributed by atoms with Crippen LogP contribution in [0.1, 0.15) is 43.1 Å². The van der Waals surface area contributed by atoms with Gasteiger partial charge in [-0.15, -0.1) is 0 Å². The molecule has 3 aromatic rings. The van der Waals surface area contributed by atoms with Gasteiger partial charge in [0.25, 0.3) is 11.5 Å². The molecule has 7 nitrogen and oxygen atoms in total.